The molecule has 0 spiro atoms. The molecule has 0 aromatic heterocycles. The summed E-state index contributed by atoms with van der Waals surface area (Å²) in [5.41, 5.74) is 0. The molecule has 1 saturated carbocycles. The van der Waals surface area contributed by atoms with E-state index in [0.29, 0.717) is 6.61 Å². The maximum absolute atomic E-state index is 9.23. The fourth-order valence-electron chi connectivity index (χ4n) is 2.52. The molecule has 0 bridgehead atoms. The summed E-state index contributed by atoms with van der Waals surface area (Å²) < 4.78 is 11.4. The quantitative estimate of drug-likeness (QED) is 0.769. The summed E-state index contributed by atoms with van der Waals surface area (Å²) in [4.78, 5) is 0. The molecule has 3 heteroatoms. The van der Waals surface area contributed by atoms with Gasteiger partial charge in [-0.25, -0.2) is 0 Å². The Morgan fingerprint density at radius 2 is 1.79 bits per heavy atom. The van der Waals surface area contributed by atoms with E-state index < -0.39 is 0 Å². The first-order chi connectivity index (χ1) is 9.33. The van der Waals surface area contributed by atoms with Gasteiger partial charge in [0.2, 0.25) is 0 Å². The number of nitriles is 1. The first kappa shape index (κ1) is 13.7. The molecule has 1 aromatic carbocycles. The number of hydrogen-bond acceptors (Lipinski definition) is 3. The topological polar surface area (TPSA) is 42.2 Å². The summed E-state index contributed by atoms with van der Waals surface area (Å²) in [6, 6.07) is 10.1. The lowest BCUT2D eigenvalue weighted by Gasteiger charge is -2.21. The van der Waals surface area contributed by atoms with Gasteiger partial charge >= 0.3 is 0 Å². The van der Waals surface area contributed by atoms with Gasteiger partial charge in [0.25, 0.3) is 0 Å². The fraction of sp³-hybridized carbons (Fsp3) is 0.562. The third-order valence-electron chi connectivity index (χ3n) is 3.54. The van der Waals surface area contributed by atoms with Crippen LogP contribution in [-0.2, 0) is 0 Å². The minimum atomic E-state index is 0.0223. The lowest BCUT2D eigenvalue weighted by molar-refractivity contribution is 0.152. The third kappa shape index (κ3) is 3.89. The number of nitrogens with zero attached hydrogens (tertiary/aromatic N) is 1. The molecule has 2 atom stereocenters. The SMILES string of the molecule is CCOc1ccc(OC2CCCCCC2C#N)cc1. The van der Waals surface area contributed by atoms with Gasteiger partial charge < -0.3 is 9.47 Å². The van der Waals surface area contributed by atoms with E-state index >= 15 is 0 Å². The second-order valence-electron chi connectivity index (χ2n) is 4.93. The third-order valence-corrected chi connectivity index (χ3v) is 3.54. The van der Waals surface area contributed by atoms with Gasteiger partial charge in [-0.1, -0.05) is 12.8 Å². The summed E-state index contributed by atoms with van der Waals surface area (Å²) >= 11 is 0. The molecule has 2 unspecified atom stereocenters. The first-order valence-corrected chi connectivity index (χ1v) is 7.12. The minimum Gasteiger partial charge on any atom is -0.494 e. The minimum absolute atomic E-state index is 0.0223. The number of ether oxygens (including phenoxy) is 2. The van der Waals surface area contributed by atoms with Crippen molar-refractivity contribution in [3.05, 3.63) is 24.3 Å². The normalized spacial score (nSPS) is 23.2. The molecule has 0 heterocycles. The highest BCUT2D eigenvalue weighted by atomic mass is 16.5. The van der Waals surface area contributed by atoms with Crippen molar-refractivity contribution in [2.75, 3.05) is 6.61 Å². The lowest BCUT2D eigenvalue weighted by Crippen LogP contribution is -2.24. The second kappa shape index (κ2) is 7.04. The molecule has 1 fully saturated rings. The number of rotatable bonds is 4. The largest absolute Gasteiger partial charge is 0.494 e. The van der Waals surface area contributed by atoms with Gasteiger partial charge in [-0.15, -0.1) is 0 Å². The van der Waals surface area contributed by atoms with Gasteiger partial charge in [0, 0.05) is 0 Å². The first-order valence-electron chi connectivity index (χ1n) is 7.12. The molecule has 0 saturated heterocycles. The Kier molecular flexibility index (Phi) is 5.09. The molecular weight excluding hydrogens is 238 g/mol. The van der Waals surface area contributed by atoms with Crippen LogP contribution in [0.5, 0.6) is 11.5 Å². The van der Waals surface area contributed by atoms with Gasteiger partial charge in [-0.2, -0.15) is 5.26 Å². The Morgan fingerprint density at radius 1 is 1.11 bits per heavy atom. The Labute approximate surface area is 115 Å². The Hall–Kier alpha value is -1.69. The monoisotopic (exact) mass is 259 g/mol. The second-order valence-corrected chi connectivity index (χ2v) is 4.93. The summed E-state index contributed by atoms with van der Waals surface area (Å²) in [5.74, 6) is 1.71. The maximum atomic E-state index is 9.23. The van der Waals surface area contributed by atoms with Crippen LogP contribution in [0.15, 0.2) is 24.3 Å². The van der Waals surface area contributed by atoms with Crippen molar-refractivity contribution in [3.63, 3.8) is 0 Å². The highest BCUT2D eigenvalue weighted by Crippen LogP contribution is 2.28. The molecule has 1 aromatic rings. The summed E-state index contributed by atoms with van der Waals surface area (Å²) in [7, 11) is 0. The Bertz CT molecular complexity index is 421. The van der Waals surface area contributed by atoms with E-state index in [0.717, 1.165) is 37.2 Å². The van der Waals surface area contributed by atoms with E-state index in [1.165, 1.54) is 6.42 Å². The number of hydrogen-bond donors (Lipinski definition) is 0. The van der Waals surface area contributed by atoms with Gasteiger partial charge in [0.15, 0.2) is 0 Å². The molecule has 0 amide bonds. The van der Waals surface area contributed by atoms with E-state index in [1.54, 1.807) is 0 Å². The average Bonchev–Trinajstić information content (AvgIpc) is 2.66. The molecule has 1 aliphatic rings. The van der Waals surface area contributed by atoms with Crippen molar-refractivity contribution in [2.45, 2.75) is 45.1 Å². The molecule has 19 heavy (non-hydrogen) atoms. The zero-order valence-corrected chi connectivity index (χ0v) is 11.5. The van der Waals surface area contributed by atoms with E-state index in [9.17, 15) is 5.26 Å². The van der Waals surface area contributed by atoms with Crippen molar-refractivity contribution in [1.29, 1.82) is 5.26 Å². The molecular formula is C16H21NO2. The highest BCUT2D eigenvalue weighted by Gasteiger charge is 2.25. The van der Waals surface area contributed by atoms with Crippen LogP contribution in [0.4, 0.5) is 0 Å². The van der Waals surface area contributed by atoms with Gasteiger partial charge in [0.1, 0.15) is 17.6 Å². The van der Waals surface area contributed by atoms with E-state index in [4.69, 9.17) is 9.47 Å². The Morgan fingerprint density at radius 3 is 2.47 bits per heavy atom. The van der Waals surface area contributed by atoms with Crippen LogP contribution in [0.3, 0.4) is 0 Å². The highest BCUT2D eigenvalue weighted by molar-refractivity contribution is 5.31. The average molecular weight is 259 g/mol. The van der Waals surface area contributed by atoms with Crippen molar-refractivity contribution >= 4 is 0 Å². The van der Waals surface area contributed by atoms with Crippen LogP contribution >= 0.6 is 0 Å². The van der Waals surface area contributed by atoms with Crippen LogP contribution in [0, 0.1) is 17.2 Å². The van der Waals surface area contributed by atoms with Crippen molar-refractivity contribution in [2.24, 2.45) is 5.92 Å². The zero-order chi connectivity index (χ0) is 13.5. The van der Waals surface area contributed by atoms with Crippen LogP contribution in [0.25, 0.3) is 0 Å². The molecule has 0 aliphatic heterocycles. The van der Waals surface area contributed by atoms with Crippen LogP contribution < -0.4 is 9.47 Å². The van der Waals surface area contributed by atoms with Gasteiger partial charge in [0.05, 0.1) is 18.6 Å². The summed E-state index contributed by atoms with van der Waals surface area (Å²) in [6.07, 6.45) is 5.47. The lowest BCUT2D eigenvalue weighted by atomic mass is 9.99. The summed E-state index contributed by atoms with van der Waals surface area (Å²) in [6.45, 7) is 2.63. The van der Waals surface area contributed by atoms with Crippen LogP contribution in [-0.4, -0.2) is 12.7 Å². The van der Waals surface area contributed by atoms with Crippen molar-refractivity contribution in [1.82, 2.24) is 0 Å². The molecule has 0 N–H and O–H groups in total. The standard InChI is InChI=1S/C16H21NO2/c1-2-18-14-8-10-15(11-9-14)19-16-7-5-3-4-6-13(16)12-17/h8-11,13,16H,2-7H2,1H3. The smallest absolute Gasteiger partial charge is 0.120 e. The maximum Gasteiger partial charge on any atom is 0.120 e. The van der Waals surface area contributed by atoms with E-state index in [1.807, 2.05) is 31.2 Å². The zero-order valence-electron chi connectivity index (χ0n) is 11.5. The van der Waals surface area contributed by atoms with Crippen molar-refractivity contribution in [3.8, 4) is 17.6 Å². The molecule has 3 nitrogen and oxygen atoms in total. The predicted octanol–water partition coefficient (Wildman–Crippen LogP) is 3.94. The Balaban J connectivity index is 2.00. The van der Waals surface area contributed by atoms with Crippen LogP contribution in [0.1, 0.15) is 39.0 Å². The predicted molar refractivity (Wildman–Crippen MR) is 74.2 cm³/mol. The molecule has 0 radical (unpaired) electrons. The van der Waals surface area contributed by atoms with E-state index in [2.05, 4.69) is 6.07 Å². The molecule has 102 valence electrons. The number of benzene rings is 1. The molecule has 1 aliphatic carbocycles. The fourth-order valence-corrected chi connectivity index (χ4v) is 2.52. The van der Waals surface area contributed by atoms with Crippen LogP contribution in [0.2, 0.25) is 0 Å². The summed E-state index contributed by atoms with van der Waals surface area (Å²) in [5, 5.41) is 9.23. The van der Waals surface area contributed by atoms with Crippen molar-refractivity contribution < 1.29 is 9.47 Å². The van der Waals surface area contributed by atoms with Gasteiger partial charge in [-0.3, -0.25) is 0 Å². The van der Waals surface area contributed by atoms with E-state index in [-0.39, 0.29) is 12.0 Å². The van der Waals surface area contributed by atoms with Gasteiger partial charge in [-0.05, 0) is 50.5 Å². The molecule has 2 rings (SSSR count).